The number of fused-ring (bicyclic) bond motifs is 10. The van der Waals surface area contributed by atoms with Gasteiger partial charge in [-0.2, -0.15) is 9.97 Å². The monoisotopic (exact) mass is 817 g/mol. The second-order valence-electron chi connectivity index (χ2n) is 16.0. The van der Waals surface area contributed by atoms with E-state index in [-0.39, 0.29) is 5.92 Å². The maximum atomic E-state index is 5.48. The average molecular weight is 818 g/mol. The topological polar surface area (TPSA) is 56.5 Å². The van der Waals surface area contributed by atoms with Gasteiger partial charge in [0, 0.05) is 48.2 Å². The number of aryl methyl sites for hydroxylation is 1. The first-order valence-corrected chi connectivity index (χ1v) is 22.5. The minimum atomic E-state index is 0.0689. The van der Waals surface area contributed by atoms with E-state index >= 15 is 0 Å². The Hall–Kier alpha value is -7.06. The molecule has 13 rings (SSSR count). The SMILES string of the molecule is c1ccc(-c2nc(-c3ccc4sc5ccccc5c4c3)nc(-n3c4c(c5ccccc53)CCC3=C4C(c4ccccc4-c4nc5ccccc5s4)Cc4ccccc43)n2)cc1. The fraction of sp³-hybridized carbons (Fsp3) is 0.0741. The predicted octanol–water partition coefficient (Wildman–Crippen LogP) is 14.0. The Kier molecular flexibility index (Phi) is 7.83. The highest BCUT2D eigenvalue weighted by Gasteiger charge is 2.38. The highest BCUT2D eigenvalue weighted by Crippen LogP contribution is 2.54. The van der Waals surface area contributed by atoms with Crippen LogP contribution in [0.25, 0.3) is 91.7 Å². The van der Waals surface area contributed by atoms with Gasteiger partial charge in [0.15, 0.2) is 11.6 Å². The summed E-state index contributed by atoms with van der Waals surface area (Å²) >= 11 is 3.60. The van der Waals surface area contributed by atoms with E-state index in [2.05, 4.69) is 168 Å². The highest BCUT2D eigenvalue weighted by atomic mass is 32.1. The van der Waals surface area contributed by atoms with Crippen molar-refractivity contribution in [1.29, 1.82) is 0 Å². The molecule has 4 aromatic heterocycles. The molecule has 1 atom stereocenters. The van der Waals surface area contributed by atoms with Gasteiger partial charge in [-0.3, -0.25) is 4.57 Å². The van der Waals surface area contributed by atoms with Crippen LogP contribution in [0.2, 0.25) is 0 Å². The van der Waals surface area contributed by atoms with Crippen molar-refractivity contribution in [3.63, 3.8) is 0 Å². The number of benzene rings is 7. The van der Waals surface area contributed by atoms with E-state index in [9.17, 15) is 0 Å². The van der Waals surface area contributed by atoms with Crippen LogP contribution in [-0.4, -0.2) is 24.5 Å². The molecule has 2 aliphatic rings. The molecular formula is C54H35N5S2. The van der Waals surface area contributed by atoms with Crippen LogP contribution in [0.3, 0.4) is 0 Å². The lowest BCUT2D eigenvalue weighted by molar-refractivity contribution is 0.799. The zero-order valence-electron chi connectivity index (χ0n) is 32.9. The predicted molar refractivity (Wildman–Crippen MR) is 253 cm³/mol. The zero-order valence-corrected chi connectivity index (χ0v) is 34.6. The summed E-state index contributed by atoms with van der Waals surface area (Å²) in [6.07, 6.45) is 2.76. The molecule has 5 nitrogen and oxygen atoms in total. The molecule has 0 bridgehead atoms. The number of thiophene rings is 1. The van der Waals surface area contributed by atoms with E-state index in [1.54, 1.807) is 11.3 Å². The summed E-state index contributed by atoms with van der Waals surface area (Å²) in [7, 11) is 0. The van der Waals surface area contributed by atoms with Crippen molar-refractivity contribution >= 4 is 75.1 Å². The summed E-state index contributed by atoms with van der Waals surface area (Å²) in [5, 5.41) is 4.77. The summed E-state index contributed by atoms with van der Waals surface area (Å²) in [6, 6.07) is 61.0. The first-order valence-electron chi connectivity index (χ1n) is 20.9. The maximum absolute atomic E-state index is 5.48. The van der Waals surface area contributed by atoms with Gasteiger partial charge in [-0.15, -0.1) is 22.7 Å². The molecule has 288 valence electrons. The number of hydrogen-bond acceptors (Lipinski definition) is 6. The summed E-state index contributed by atoms with van der Waals surface area (Å²) in [4.78, 5) is 21.3. The molecule has 0 radical (unpaired) electrons. The quantitative estimate of drug-likeness (QED) is 0.174. The summed E-state index contributed by atoms with van der Waals surface area (Å²) < 4.78 is 6.10. The van der Waals surface area contributed by atoms with Gasteiger partial charge in [0.2, 0.25) is 5.95 Å². The number of allylic oxidation sites excluding steroid dienone is 2. The fourth-order valence-electron chi connectivity index (χ4n) is 9.97. The third kappa shape index (κ3) is 5.51. The first-order chi connectivity index (χ1) is 30.2. The summed E-state index contributed by atoms with van der Waals surface area (Å²) in [5.74, 6) is 2.00. The van der Waals surface area contributed by atoms with Crippen molar-refractivity contribution in [2.45, 2.75) is 25.2 Å². The minimum Gasteiger partial charge on any atom is -0.278 e. The van der Waals surface area contributed by atoms with Crippen molar-refractivity contribution in [3.05, 3.63) is 198 Å². The van der Waals surface area contributed by atoms with E-state index in [1.165, 1.54) is 74.9 Å². The molecule has 0 spiro atoms. The molecule has 0 fully saturated rings. The smallest absolute Gasteiger partial charge is 0.238 e. The van der Waals surface area contributed by atoms with E-state index in [0.717, 1.165) is 46.4 Å². The standard InChI is InChI=1S/C54H35N5S2/c1-2-14-32(15-3-1)51-56-52(34-26-29-47-42(31-34)38-20-9-12-24-46(38)60-47)58-54(57-51)59-45-23-11-8-19-37(45)40-28-27-39-35-17-5-4-16-33(35)30-43(49(39)50(40)59)36-18-6-7-21-41(36)53-55-44-22-10-13-25-48(44)61-53/h1-26,29,31,43H,27-28,30H2. The van der Waals surface area contributed by atoms with Gasteiger partial charge in [-0.05, 0) is 95.1 Å². The Morgan fingerprint density at radius 1 is 0.508 bits per heavy atom. The van der Waals surface area contributed by atoms with Crippen LogP contribution in [0, 0.1) is 0 Å². The van der Waals surface area contributed by atoms with Crippen molar-refractivity contribution in [2.24, 2.45) is 0 Å². The summed E-state index contributed by atoms with van der Waals surface area (Å²) in [6.45, 7) is 0. The normalized spacial score (nSPS) is 14.8. The largest absolute Gasteiger partial charge is 0.278 e. The van der Waals surface area contributed by atoms with E-state index < -0.39 is 0 Å². The Balaban J connectivity index is 1.08. The average Bonchev–Trinajstić information content (AvgIpc) is 4.03. The Morgan fingerprint density at radius 2 is 1.21 bits per heavy atom. The van der Waals surface area contributed by atoms with Crippen LogP contribution in [0.1, 0.15) is 40.3 Å². The molecular weight excluding hydrogens is 783 g/mol. The first kappa shape index (κ1) is 34.8. The van der Waals surface area contributed by atoms with Crippen LogP contribution >= 0.6 is 22.7 Å². The number of para-hydroxylation sites is 2. The zero-order chi connectivity index (χ0) is 40.0. The van der Waals surface area contributed by atoms with Gasteiger partial charge in [0.05, 0.1) is 21.4 Å². The molecule has 7 aromatic carbocycles. The third-order valence-electron chi connectivity index (χ3n) is 12.7. The molecule has 0 saturated carbocycles. The van der Waals surface area contributed by atoms with Crippen LogP contribution < -0.4 is 0 Å². The Labute approximate surface area is 360 Å². The number of aromatic nitrogens is 5. The summed E-state index contributed by atoms with van der Waals surface area (Å²) in [5.41, 5.74) is 14.6. The van der Waals surface area contributed by atoms with Gasteiger partial charge in [-0.1, -0.05) is 127 Å². The van der Waals surface area contributed by atoms with Crippen LogP contribution in [-0.2, 0) is 12.8 Å². The Bertz CT molecular complexity index is 3560. The number of hydrogen-bond donors (Lipinski definition) is 0. The van der Waals surface area contributed by atoms with Gasteiger partial charge >= 0.3 is 0 Å². The second-order valence-corrected chi connectivity index (χ2v) is 18.1. The lowest BCUT2D eigenvalue weighted by Gasteiger charge is -2.35. The molecule has 2 aliphatic carbocycles. The molecule has 1 unspecified atom stereocenters. The van der Waals surface area contributed by atoms with Crippen molar-refractivity contribution in [1.82, 2.24) is 24.5 Å². The number of nitrogens with zero attached hydrogens (tertiary/aromatic N) is 5. The molecule has 0 N–H and O–H groups in total. The lowest BCUT2D eigenvalue weighted by atomic mass is 9.69. The molecule has 11 aromatic rings. The van der Waals surface area contributed by atoms with Crippen LogP contribution in [0.15, 0.2) is 170 Å². The molecule has 0 amide bonds. The molecule has 0 aliphatic heterocycles. The van der Waals surface area contributed by atoms with Gasteiger partial charge in [0.1, 0.15) is 5.01 Å². The van der Waals surface area contributed by atoms with Crippen molar-refractivity contribution in [2.75, 3.05) is 0 Å². The van der Waals surface area contributed by atoms with Crippen molar-refractivity contribution in [3.8, 4) is 39.3 Å². The molecule has 4 heterocycles. The van der Waals surface area contributed by atoms with Crippen LogP contribution in [0.5, 0.6) is 0 Å². The number of rotatable bonds is 5. The lowest BCUT2D eigenvalue weighted by Crippen LogP contribution is -2.21. The molecule has 61 heavy (non-hydrogen) atoms. The van der Waals surface area contributed by atoms with Gasteiger partial charge < -0.3 is 0 Å². The van der Waals surface area contributed by atoms with Crippen molar-refractivity contribution < 1.29 is 0 Å². The third-order valence-corrected chi connectivity index (χ3v) is 14.9. The van der Waals surface area contributed by atoms with E-state index in [1.807, 2.05) is 17.4 Å². The second kappa shape index (κ2) is 13.7. The Morgan fingerprint density at radius 3 is 2.10 bits per heavy atom. The highest BCUT2D eigenvalue weighted by molar-refractivity contribution is 7.25. The molecule has 7 heteroatoms. The maximum Gasteiger partial charge on any atom is 0.238 e. The molecule has 0 saturated heterocycles. The number of thiazole rings is 1. The van der Waals surface area contributed by atoms with Gasteiger partial charge in [-0.25, -0.2) is 9.97 Å². The fourth-order valence-corrected chi connectivity index (χ4v) is 12.1. The van der Waals surface area contributed by atoms with E-state index in [0.29, 0.717) is 17.6 Å². The van der Waals surface area contributed by atoms with E-state index in [4.69, 9.17) is 19.9 Å². The minimum absolute atomic E-state index is 0.0689. The van der Waals surface area contributed by atoms with Gasteiger partial charge in [0.25, 0.3) is 0 Å². The van der Waals surface area contributed by atoms with Crippen LogP contribution in [0.4, 0.5) is 0 Å².